The van der Waals surface area contributed by atoms with Crippen molar-refractivity contribution < 1.29 is 14.6 Å². The van der Waals surface area contributed by atoms with E-state index in [1.54, 1.807) is 0 Å². The van der Waals surface area contributed by atoms with Gasteiger partial charge >= 0.3 is 5.97 Å². The third-order valence-corrected chi connectivity index (χ3v) is 7.39. The predicted octanol–water partition coefficient (Wildman–Crippen LogP) is 5.98. The Morgan fingerprint density at radius 3 is 2.32 bits per heavy atom. The van der Waals surface area contributed by atoms with Crippen LogP contribution in [0.5, 0.6) is 5.75 Å². The summed E-state index contributed by atoms with van der Waals surface area (Å²) in [5.74, 6) is 0.925. The maximum absolute atomic E-state index is 11.9. The summed E-state index contributed by atoms with van der Waals surface area (Å²) >= 11 is 0. The fourth-order valence-corrected chi connectivity index (χ4v) is 5.11. The Morgan fingerprint density at radius 1 is 0.902 bits per heavy atom. The molecule has 1 aliphatic heterocycles. The summed E-state index contributed by atoms with van der Waals surface area (Å²) in [7, 11) is 0. The first-order valence-electron chi connectivity index (χ1n) is 14.4. The number of aromatic carboxylic acids is 1. The fraction of sp³-hybridized carbons (Fsp3) is 0.324. The first kappa shape index (κ1) is 28.3. The highest BCUT2D eigenvalue weighted by Crippen LogP contribution is 2.25. The van der Waals surface area contributed by atoms with E-state index < -0.39 is 5.97 Å². The van der Waals surface area contributed by atoms with Crippen LogP contribution in [0.25, 0.3) is 11.1 Å². The van der Waals surface area contributed by atoms with Gasteiger partial charge in [0.1, 0.15) is 5.75 Å². The van der Waals surface area contributed by atoms with E-state index in [-0.39, 0.29) is 5.56 Å². The standard InChI is InChI=1S/C34H38N4O3/c1-25(2)24-41-29-15-12-26(13-16-29)14-17-32-31(33(39)40)22-35-34(36-32)38-20-18-37(19-21-38)23-28-10-6-7-11-30(28)27-8-4-3-5-9-27/h3-13,15-16,22,25H,14,17-21,23-24H2,1-2H3,(H,39,40). The monoisotopic (exact) mass is 550 g/mol. The fourth-order valence-electron chi connectivity index (χ4n) is 5.11. The van der Waals surface area contributed by atoms with Crippen LogP contribution in [0.1, 0.15) is 41.0 Å². The number of piperazine rings is 1. The first-order chi connectivity index (χ1) is 20.0. The van der Waals surface area contributed by atoms with Crippen molar-refractivity contribution in [3.8, 4) is 16.9 Å². The lowest BCUT2D eigenvalue weighted by Gasteiger charge is -2.35. The summed E-state index contributed by atoms with van der Waals surface area (Å²) in [4.78, 5) is 25.7. The summed E-state index contributed by atoms with van der Waals surface area (Å²) in [6.45, 7) is 9.15. The molecule has 7 heteroatoms. The smallest absolute Gasteiger partial charge is 0.339 e. The molecule has 212 valence electrons. The lowest BCUT2D eigenvalue weighted by molar-refractivity contribution is 0.0694. The minimum atomic E-state index is -0.995. The molecule has 0 spiro atoms. The van der Waals surface area contributed by atoms with Crippen LogP contribution in [0.2, 0.25) is 0 Å². The normalized spacial score (nSPS) is 13.9. The van der Waals surface area contributed by atoms with E-state index in [4.69, 9.17) is 9.72 Å². The topological polar surface area (TPSA) is 78.8 Å². The summed E-state index contributed by atoms with van der Waals surface area (Å²) in [6, 6.07) is 27.1. The molecule has 1 aliphatic rings. The van der Waals surface area contributed by atoms with E-state index in [0.29, 0.717) is 37.0 Å². The minimum absolute atomic E-state index is 0.168. The largest absolute Gasteiger partial charge is 0.493 e. The number of rotatable bonds is 11. The first-order valence-corrected chi connectivity index (χ1v) is 14.4. The average molecular weight is 551 g/mol. The molecule has 0 bridgehead atoms. The van der Waals surface area contributed by atoms with Crippen LogP contribution in [-0.2, 0) is 19.4 Å². The molecule has 0 amide bonds. The van der Waals surface area contributed by atoms with Crippen LogP contribution >= 0.6 is 0 Å². The molecule has 0 unspecified atom stereocenters. The highest BCUT2D eigenvalue weighted by Gasteiger charge is 2.22. The van der Waals surface area contributed by atoms with Crippen LogP contribution in [0.4, 0.5) is 5.95 Å². The van der Waals surface area contributed by atoms with Gasteiger partial charge in [0.25, 0.3) is 0 Å². The molecule has 4 aromatic rings. The van der Waals surface area contributed by atoms with Gasteiger partial charge in [0.2, 0.25) is 5.95 Å². The number of aromatic nitrogens is 2. The summed E-state index contributed by atoms with van der Waals surface area (Å²) in [6.07, 6.45) is 2.68. The summed E-state index contributed by atoms with van der Waals surface area (Å²) in [5, 5.41) is 9.77. The molecule has 1 aromatic heterocycles. The Kier molecular flexibility index (Phi) is 9.26. The molecule has 1 saturated heterocycles. The van der Waals surface area contributed by atoms with Crippen LogP contribution in [0.15, 0.2) is 85.1 Å². The summed E-state index contributed by atoms with van der Waals surface area (Å²) < 4.78 is 5.78. The number of nitrogens with zero attached hydrogens (tertiary/aromatic N) is 4. The lowest BCUT2D eigenvalue weighted by atomic mass is 9.99. The van der Waals surface area contributed by atoms with Crippen molar-refractivity contribution >= 4 is 11.9 Å². The molecular weight excluding hydrogens is 512 g/mol. The Morgan fingerprint density at radius 2 is 1.61 bits per heavy atom. The van der Waals surface area contributed by atoms with E-state index >= 15 is 0 Å². The maximum Gasteiger partial charge on any atom is 0.339 e. The van der Waals surface area contributed by atoms with Gasteiger partial charge in [-0.25, -0.2) is 14.8 Å². The molecule has 0 radical (unpaired) electrons. The Bertz CT molecular complexity index is 1430. The van der Waals surface area contributed by atoms with Crippen molar-refractivity contribution in [2.45, 2.75) is 33.2 Å². The zero-order chi connectivity index (χ0) is 28.6. The van der Waals surface area contributed by atoms with Crippen molar-refractivity contribution in [3.63, 3.8) is 0 Å². The van der Waals surface area contributed by atoms with Crippen molar-refractivity contribution in [1.82, 2.24) is 14.9 Å². The number of carboxylic acid groups (broad SMARTS) is 1. The van der Waals surface area contributed by atoms with Crippen molar-refractivity contribution in [3.05, 3.63) is 107 Å². The predicted molar refractivity (Wildman–Crippen MR) is 163 cm³/mol. The number of carboxylic acids is 1. The second-order valence-corrected chi connectivity index (χ2v) is 11.0. The number of ether oxygens (including phenoxy) is 1. The Balaban J connectivity index is 1.21. The molecule has 1 N–H and O–H groups in total. The molecular formula is C34H38N4O3. The number of anilines is 1. The van der Waals surface area contributed by atoms with E-state index in [0.717, 1.165) is 44.0 Å². The zero-order valence-electron chi connectivity index (χ0n) is 23.9. The van der Waals surface area contributed by atoms with Gasteiger partial charge in [0.05, 0.1) is 17.9 Å². The summed E-state index contributed by atoms with van der Waals surface area (Å²) in [5.41, 5.74) is 5.67. The van der Waals surface area contributed by atoms with Crippen LogP contribution < -0.4 is 9.64 Å². The number of carbonyl (C=O) groups is 1. The van der Waals surface area contributed by atoms with E-state index in [1.165, 1.54) is 22.9 Å². The minimum Gasteiger partial charge on any atom is -0.493 e. The second kappa shape index (κ2) is 13.4. The van der Waals surface area contributed by atoms with Gasteiger partial charge < -0.3 is 14.7 Å². The van der Waals surface area contributed by atoms with Gasteiger partial charge in [0, 0.05) is 38.9 Å². The number of benzene rings is 3. The van der Waals surface area contributed by atoms with Gasteiger partial charge in [-0.2, -0.15) is 0 Å². The van der Waals surface area contributed by atoms with Crippen molar-refractivity contribution in [2.75, 3.05) is 37.7 Å². The molecule has 3 aromatic carbocycles. The molecule has 2 heterocycles. The number of hydrogen-bond acceptors (Lipinski definition) is 6. The molecule has 0 saturated carbocycles. The van der Waals surface area contributed by atoms with Gasteiger partial charge in [-0.15, -0.1) is 0 Å². The molecule has 7 nitrogen and oxygen atoms in total. The van der Waals surface area contributed by atoms with Crippen LogP contribution in [0.3, 0.4) is 0 Å². The maximum atomic E-state index is 11.9. The molecule has 1 fully saturated rings. The zero-order valence-corrected chi connectivity index (χ0v) is 23.9. The quantitative estimate of drug-likeness (QED) is 0.246. The van der Waals surface area contributed by atoms with Gasteiger partial charge in [-0.3, -0.25) is 4.90 Å². The van der Waals surface area contributed by atoms with E-state index in [1.807, 2.05) is 30.3 Å². The SMILES string of the molecule is CC(C)COc1ccc(CCc2nc(N3CCN(Cc4ccccc4-c4ccccc4)CC3)ncc2C(=O)O)cc1. The third-order valence-electron chi connectivity index (χ3n) is 7.39. The third kappa shape index (κ3) is 7.50. The molecule has 5 rings (SSSR count). The average Bonchev–Trinajstić information content (AvgIpc) is 3.00. The number of hydrogen-bond donors (Lipinski definition) is 1. The highest BCUT2D eigenvalue weighted by molar-refractivity contribution is 5.88. The Hall–Kier alpha value is -4.23. The molecule has 0 atom stereocenters. The highest BCUT2D eigenvalue weighted by atomic mass is 16.5. The van der Waals surface area contributed by atoms with Crippen molar-refractivity contribution in [2.24, 2.45) is 5.92 Å². The molecule has 41 heavy (non-hydrogen) atoms. The van der Waals surface area contributed by atoms with E-state index in [2.05, 4.69) is 77.2 Å². The second-order valence-electron chi connectivity index (χ2n) is 11.0. The van der Waals surface area contributed by atoms with Crippen molar-refractivity contribution in [1.29, 1.82) is 0 Å². The molecule has 0 aliphatic carbocycles. The van der Waals surface area contributed by atoms with Gasteiger partial charge in [-0.05, 0) is 53.1 Å². The lowest BCUT2D eigenvalue weighted by Crippen LogP contribution is -2.46. The number of aryl methyl sites for hydroxylation is 2. The Labute approximate surface area is 242 Å². The van der Waals surface area contributed by atoms with Gasteiger partial charge in [-0.1, -0.05) is 80.6 Å². The van der Waals surface area contributed by atoms with Gasteiger partial charge in [0.15, 0.2) is 0 Å². The van der Waals surface area contributed by atoms with E-state index in [9.17, 15) is 9.90 Å². The van der Waals surface area contributed by atoms with Crippen LogP contribution in [0, 0.1) is 5.92 Å². The van der Waals surface area contributed by atoms with Crippen LogP contribution in [-0.4, -0.2) is 58.7 Å².